The molecule has 1 saturated carbocycles. The van der Waals surface area contributed by atoms with Gasteiger partial charge >= 0.3 is 0 Å². The molecule has 1 N–H and O–H groups in total. The number of carbonyl (C=O) groups is 1. The van der Waals surface area contributed by atoms with E-state index in [-0.39, 0.29) is 24.4 Å². The van der Waals surface area contributed by atoms with Gasteiger partial charge in [-0.2, -0.15) is 0 Å². The second-order valence-electron chi connectivity index (χ2n) is 6.85. The maximum absolute atomic E-state index is 12.8. The van der Waals surface area contributed by atoms with E-state index in [0.717, 1.165) is 32.4 Å². The lowest BCUT2D eigenvalue weighted by Gasteiger charge is -2.29. The lowest BCUT2D eigenvalue weighted by atomic mass is 9.91. The zero-order valence-electron chi connectivity index (χ0n) is 13.8. The number of amides is 1. The maximum Gasteiger partial charge on any atom is 0.226 e. The maximum atomic E-state index is 12.8. The Morgan fingerprint density at radius 1 is 1.32 bits per heavy atom. The van der Waals surface area contributed by atoms with Gasteiger partial charge in [-0.3, -0.25) is 4.79 Å². The highest BCUT2D eigenvalue weighted by Crippen LogP contribution is 2.59. The summed E-state index contributed by atoms with van der Waals surface area (Å²) in [5.74, 6) is 0.601. The van der Waals surface area contributed by atoms with Gasteiger partial charge in [0.25, 0.3) is 0 Å². The van der Waals surface area contributed by atoms with Crippen molar-refractivity contribution in [2.24, 2.45) is 11.3 Å². The first kappa shape index (κ1) is 17.3. The Hall–Kier alpha value is -1.06. The largest absolute Gasteiger partial charge is 0.339 e. The van der Waals surface area contributed by atoms with E-state index in [1.807, 2.05) is 11.9 Å². The van der Waals surface area contributed by atoms with Gasteiger partial charge in [0.2, 0.25) is 5.91 Å². The molecule has 1 aromatic carbocycles. The number of nitrogens with one attached hydrogen (secondary N) is 1. The summed E-state index contributed by atoms with van der Waals surface area (Å²) >= 11 is 0. The topological polar surface area (TPSA) is 32.3 Å². The van der Waals surface area contributed by atoms with Crippen LogP contribution in [0.3, 0.4) is 0 Å². The first-order chi connectivity index (χ1) is 10.1. The van der Waals surface area contributed by atoms with E-state index in [1.165, 1.54) is 11.1 Å². The van der Waals surface area contributed by atoms with Gasteiger partial charge in [0.05, 0.1) is 6.04 Å². The molecule has 1 aliphatic heterocycles. The van der Waals surface area contributed by atoms with Gasteiger partial charge in [0.1, 0.15) is 0 Å². The third-order valence-electron chi connectivity index (χ3n) is 5.65. The van der Waals surface area contributed by atoms with Crippen molar-refractivity contribution in [3.05, 3.63) is 35.4 Å². The summed E-state index contributed by atoms with van der Waals surface area (Å²) < 4.78 is 0. The fourth-order valence-electron chi connectivity index (χ4n) is 3.87. The Morgan fingerprint density at radius 3 is 2.59 bits per heavy atom. The standard InChI is InChI=1S/C18H26N2O.ClH/c1-13-6-4-5-7-15(13)14(2)20(3)17(21)16-12-18(16)8-10-19-11-9-18;/h4-7,14,16,19H,8-12H2,1-3H3;1H. The number of benzene rings is 1. The Balaban J connectivity index is 0.00000176. The second kappa shape index (κ2) is 6.59. The summed E-state index contributed by atoms with van der Waals surface area (Å²) in [6.07, 6.45) is 3.42. The number of aryl methyl sites for hydroxylation is 1. The summed E-state index contributed by atoms with van der Waals surface area (Å²) in [7, 11) is 1.96. The fraction of sp³-hybridized carbons (Fsp3) is 0.611. The SMILES string of the molecule is Cc1ccccc1C(C)N(C)C(=O)C1CC12CCNCC2.Cl. The van der Waals surface area contributed by atoms with Crippen LogP contribution in [0.2, 0.25) is 0 Å². The van der Waals surface area contributed by atoms with Crippen LogP contribution in [0.5, 0.6) is 0 Å². The van der Waals surface area contributed by atoms with Crippen molar-refractivity contribution in [1.29, 1.82) is 0 Å². The molecular weight excluding hydrogens is 296 g/mol. The average molecular weight is 323 g/mol. The van der Waals surface area contributed by atoms with Crippen LogP contribution >= 0.6 is 12.4 Å². The molecule has 1 saturated heterocycles. The van der Waals surface area contributed by atoms with E-state index >= 15 is 0 Å². The molecule has 1 amide bonds. The molecule has 1 spiro atoms. The number of piperidine rings is 1. The molecular formula is C18H27ClN2O. The molecule has 1 aromatic rings. The third-order valence-corrected chi connectivity index (χ3v) is 5.65. The third kappa shape index (κ3) is 3.02. The van der Waals surface area contributed by atoms with Crippen LogP contribution < -0.4 is 5.32 Å². The highest BCUT2D eigenvalue weighted by Gasteiger charge is 2.58. The number of halogens is 1. The van der Waals surface area contributed by atoms with Crippen LogP contribution in [-0.4, -0.2) is 30.9 Å². The summed E-state index contributed by atoms with van der Waals surface area (Å²) in [6, 6.07) is 8.52. The van der Waals surface area contributed by atoms with Gasteiger partial charge in [0, 0.05) is 13.0 Å². The molecule has 2 aliphatic rings. The predicted octanol–water partition coefficient (Wildman–Crippen LogP) is 3.33. The fourth-order valence-corrected chi connectivity index (χ4v) is 3.87. The molecule has 0 bridgehead atoms. The number of hydrogen-bond donors (Lipinski definition) is 1. The van der Waals surface area contributed by atoms with Gasteiger partial charge in [-0.05, 0) is 62.7 Å². The number of rotatable bonds is 3. The Bertz CT molecular complexity index is 540. The molecule has 2 unspecified atom stereocenters. The summed E-state index contributed by atoms with van der Waals surface area (Å²) in [5.41, 5.74) is 2.84. The predicted molar refractivity (Wildman–Crippen MR) is 92.3 cm³/mol. The first-order valence-corrected chi connectivity index (χ1v) is 8.08. The molecule has 3 rings (SSSR count). The van der Waals surface area contributed by atoms with Crippen LogP contribution in [0.4, 0.5) is 0 Å². The van der Waals surface area contributed by atoms with E-state index in [4.69, 9.17) is 0 Å². The molecule has 122 valence electrons. The zero-order valence-corrected chi connectivity index (χ0v) is 14.6. The van der Waals surface area contributed by atoms with Crippen molar-refractivity contribution in [2.45, 2.75) is 39.2 Å². The van der Waals surface area contributed by atoms with E-state index in [0.29, 0.717) is 11.3 Å². The molecule has 0 radical (unpaired) electrons. The Labute approximate surface area is 139 Å². The van der Waals surface area contributed by atoms with Crippen molar-refractivity contribution < 1.29 is 4.79 Å². The summed E-state index contributed by atoms with van der Waals surface area (Å²) in [5, 5.41) is 3.40. The zero-order chi connectivity index (χ0) is 15.0. The highest BCUT2D eigenvalue weighted by molar-refractivity contribution is 5.85. The lowest BCUT2D eigenvalue weighted by Crippen LogP contribution is -2.36. The van der Waals surface area contributed by atoms with E-state index in [2.05, 4.69) is 43.4 Å². The molecule has 22 heavy (non-hydrogen) atoms. The summed E-state index contributed by atoms with van der Waals surface area (Å²) in [6.45, 7) is 6.40. The normalized spacial score (nSPS) is 23.5. The number of carbonyl (C=O) groups excluding carboxylic acids is 1. The van der Waals surface area contributed by atoms with Crippen LogP contribution in [0, 0.1) is 18.3 Å². The first-order valence-electron chi connectivity index (χ1n) is 8.08. The van der Waals surface area contributed by atoms with Crippen LogP contribution in [-0.2, 0) is 4.79 Å². The van der Waals surface area contributed by atoms with Crippen LogP contribution in [0.15, 0.2) is 24.3 Å². The van der Waals surface area contributed by atoms with Gasteiger partial charge in [-0.1, -0.05) is 24.3 Å². The van der Waals surface area contributed by atoms with E-state index in [1.54, 1.807) is 0 Å². The van der Waals surface area contributed by atoms with Crippen molar-refractivity contribution in [3.63, 3.8) is 0 Å². The Kier molecular flexibility index (Phi) is 5.18. The Morgan fingerprint density at radius 2 is 1.95 bits per heavy atom. The van der Waals surface area contributed by atoms with E-state index in [9.17, 15) is 4.79 Å². The van der Waals surface area contributed by atoms with Gasteiger partial charge in [-0.25, -0.2) is 0 Å². The van der Waals surface area contributed by atoms with Crippen LogP contribution in [0.1, 0.15) is 43.4 Å². The van der Waals surface area contributed by atoms with Crippen molar-refractivity contribution in [2.75, 3.05) is 20.1 Å². The molecule has 1 heterocycles. The minimum Gasteiger partial charge on any atom is -0.339 e. The van der Waals surface area contributed by atoms with Gasteiger partial charge in [0.15, 0.2) is 0 Å². The quantitative estimate of drug-likeness (QED) is 0.925. The minimum absolute atomic E-state index is 0. The molecule has 3 nitrogen and oxygen atoms in total. The molecule has 2 atom stereocenters. The summed E-state index contributed by atoms with van der Waals surface area (Å²) in [4.78, 5) is 14.8. The van der Waals surface area contributed by atoms with E-state index < -0.39 is 0 Å². The lowest BCUT2D eigenvalue weighted by molar-refractivity contribution is -0.134. The van der Waals surface area contributed by atoms with Crippen molar-refractivity contribution in [3.8, 4) is 0 Å². The number of nitrogens with zero attached hydrogens (tertiary/aromatic N) is 1. The second-order valence-corrected chi connectivity index (χ2v) is 6.85. The molecule has 1 aliphatic carbocycles. The van der Waals surface area contributed by atoms with Gasteiger partial charge < -0.3 is 10.2 Å². The molecule has 2 fully saturated rings. The molecule has 0 aromatic heterocycles. The molecule has 4 heteroatoms. The monoisotopic (exact) mass is 322 g/mol. The van der Waals surface area contributed by atoms with Crippen molar-refractivity contribution >= 4 is 18.3 Å². The number of hydrogen-bond acceptors (Lipinski definition) is 2. The minimum atomic E-state index is 0. The van der Waals surface area contributed by atoms with Crippen molar-refractivity contribution in [1.82, 2.24) is 10.2 Å². The highest BCUT2D eigenvalue weighted by atomic mass is 35.5. The smallest absolute Gasteiger partial charge is 0.226 e. The average Bonchev–Trinajstić information content (AvgIpc) is 3.19. The van der Waals surface area contributed by atoms with Gasteiger partial charge in [-0.15, -0.1) is 12.4 Å². The van der Waals surface area contributed by atoms with Crippen LogP contribution in [0.25, 0.3) is 0 Å².